The van der Waals surface area contributed by atoms with Gasteiger partial charge in [-0.1, -0.05) is 76.9 Å². The zero-order valence-electron chi connectivity index (χ0n) is 18.9. The van der Waals surface area contributed by atoms with Crippen molar-refractivity contribution >= 4 is 16.7 Å². The summed E-state index contributed by atoms with van der Waals surface area (Å²) >= 11 is 0. The first-order valence-electron chi connectivity index (χ1n) is 10.8. The average molecular weight is 409 g/mol. The number of hydrogen-bond donors (Lipinski definition) is 0. The monoisotopic (exact) mass is 408 g/mol. The Kier molecular flexibility index (Phi) is 5.65. The number of carbonyl (C=O) groups is 1. The van der Waals surface area contributed by atoms with Gasteiger partial charge in [-0.3, -0.25) is 0 Å². The molecular formula is C29H28O2. The van der Waals surface area contributed by atoms with Crippen molar-refractivity contribution in [3.05, 3.63) is 94.5 Å². The van der Waals surface area contributed by atoms with E-state index < -0.39 is 0 Å². The Bertz CT molecular complexity index is 1260. The number of hydrogen-bond acceptors (Lipinski definition) is 2. The van der Waals surface area contributed by atoms with Crippen LogP contribution in [0.1, 0.15) is 39.5 Å². The highest BCUT2D eigenvalue weighted by atomic mass is 16.5. The molecule has 0 atom stereocenters. The summed E-state index contributed by atoms with van der Waals surface area (Å²) in [6.45, 7) is 10.6. The minimum atomic E-state index is -0.282. The van der Waals surface area contributed by atoms with E-state index in [2.05, 4.69) is 88.4 Å². The van der Waals surface area contributed by atoms with Crippen LogP contribution in [-0.2, 0) is 4.74 Å². The van der Waals surface area contributed by atoms with Crippen LogP contribution in [0.5, 0.6) is 0 Å². The summed E-state index contributed by atoms with van der Waals surface area (Å²) < 4.78 is 5.41. The van der Waals surface area contributed by atoms with Crippen molar-refractivity contribution in [3.8, 4) is 22.3 Å². The fourth-order valence-corrected chi connectivity index (χ4v) is 4.45. The summed E-state index contributed by atoms with van der Waals surface area (Å²) in [4.78, 5) is 12.9. The Morgan fingerprint density at radius 2 is 1.26 bits per heavy atom. The number of benzene rings is 4. The predicted molar refractivity (Wildman–Crippen MR) is 130 cm³/mol. The van der Waals surface area contributed by atoms with Gasteiger partial charge in [0.1, 0.15) is 0 Å². The van der Waals surface area contributed by atoms with Crippen molar-refractivity contribution < 1.29 is 9.53 Å². The van der Waals surface area contributed by atoms with E-state index in [0.717, 1.165) is 21.9 Å². The lowest BCUT2D eigenvalue weighted by Crippen LogP contribution is -2.07. The highest BCUT2D eigenvalue weighted by molar-refractivity contribution is 6.07. The standard InChI is InChI=1S/C29H28O2/c1-6-31-29(30)28-16-22-8-7-9-25(23-12-18(2)10-19(3)13-23)26(22)17-27(28)24-14-20(4)11-21(5)15-24/h7-17H,6H2,1-5H3. The van der Waals surface area contributed by atoms with Gasteiger partial charge in [0.05, 0.1) is 12.2 Å². The average Bonchev–Trinajstić information content (AvgIpc) is 2.71. The zero-order chi connectivity index (χ0) is 22.1. The third kappa shape index (κ3) is 4.25. The molecule has 31 heavy (non-hydrogen) atoms. The lowest BCUT2D eigenvalue weighted by molar-refractivity contribution is 0.0527. The first-order valence-corrected chi connectivity index (χ1v) is 10.8. The Hall–Kier alpha value is -3.39. The van der Waals surface area contributed by atoms with Crippen molar-refractivity contribution in [3.63, 3.8) is 0 Å². The normalized spacial score (nSPS) is 11.0. The van der Waals surface area contributed by atoms with E-state index in [4.69, 9.17) is 4.74 Å². The van der Waals surface area contributed by atoms with Crippen LogP contribution in [0, 0.1) is 27.7 Å². The second-order valence-corrected chi connectivity index (χ2v) is 8.40. The molecule has 2 heteroatoms. The maximum absolute atomic E-state index is 12.9. The van der Waals surface area contributed by atoms with Crippen LogP contribution in [0.4, 0.5) is 0 Å². The minimum absolute atomic E-state index is 0.282. The summed E-state index contributed by atoms with van der Waals surface area (Å²) in [6, 6.07) is 23.5. The van der Waals surface area contributed by atoms with Crippen LogP contribution in [0.2, 0.25) is 0 Å². The molecule has 0 fully saturated rings. The molecule has 0 aliphatic carbocycles. The van der Waals surface area contributed by atoms with Gasteiger partial charge in [0.25, 0.3) is 0 Å². The van der Waals surface area contributed by atoms with E-state index in [1.165, 1.54) is 33.4 Å². The number of ether oxygens (including phenoxy) is 1. The van der Waals surface area contributed by atoms with Gasteiger partial charge in [0, 0.05) is 0 Å². The number of fused-ring (bicyclic) bond motifs is 1. The molecule has 0 bridgehead atoms. The topological polar surface area (TPSA) is 26.3 Å². The third-order valence-electron chi connectivity index (χ3n) is 5.58. The van der Waals surface area contributed by atoms with Crippen LogP contribution >= 0.6 is 0 Å². The summed E-state index contributed by atoms with van der Waals surface area (Å²) in [6.07, 6.45) is 0. The van der Waals surface area contributed by atoms with E-state index >= 15 is 0 Å². The second kappa shape index (κ2) is 8.39. The van der Waals surface area contributed by atoms with Gasteiger partial charge >= 0.3 is 5.97 Å². The van der Waals surface area contributed by atoms with Crippen LogP contribution in [0.3, 0.4) is 0 Å². The van der Waals surface area contributed by atoms with Crippen molar-refractivity contribution in [1.29, 1.82) is 0 Å². The van der Waals surface area contributed by atoms with Gasteiger partial charge < -0.3 is 4.74 Å². The number of esters is 1. The zero-order valence-corrected chi connectivity index (χ0v) is 18.9. The maximum atomic E-state index is 12.9. The Morgan fingerprint density at radius 1 is 0.710 bits per heavy atom. The quantitative estimate of drug-likeness (QED) is 0.325. The molecule has 0 saturated heterocycles. The summed E-state index contributed by atoms with van der Waals surface area (Å²) in [5.41, 5.74) is 9.75. The fourth-order valence-electron chi connectivity index (χ4n) is 4.45. The van der Waals surface area contributed by atoms with Crippen molar-refractivity contribution in [1.82, 2.24) is 0 Å². The van der Waals surface area contributed by atoms with Gasteiger partial charge in [-0.15, -0.1) is 0 Å². The van der Waals surface area contributed by atoms with Gasteiger partial charge in [0.2, 0.25) is 0 Å². The predicted octanol–water partition coefficient (Wildman–Crippen LogP) is 7.58. The lowest BCUT2D eigenvalue weighted by Gasteiger charge is -2.15. The van der Waals surface area contributed by atoms with Crippen LogP contribution < -0.4 is 0 Å². The van der Waals surface area contributed by atoms with Crippen LogP contribution in [-0.4, -0.2) is 12.6 Å². The molecule has 4 rings (SSSR count). The van der Waals surface area contributed by atoms with E-state index in [-0.39, 0.29) is 5.97 Å². The van der Waals surface area contributed by atoms with Crippen molar-refractivity contribution in [2.24, 2.45) is 0 Å². The molecule has 2 nitrogen and oxygen atoms in total. The van der Waals surface area contributed by atoms with Crippen molar-refractivity contribution in [2.75, 3.05) is 6.61 Å². The number of rotatable bonds is 4. The third-order valence-corrected chi connectivity index (χ3v) is 5.58. The molecule has 0 spiro atoms. The molecule has 4 aromatic rings. The molecule has 0 amide bonds. The maximum Gasteiger partial charge on any atom is 0.338 e. The van der Waals surface area contributed by atoms with Crippen molar-refractivity contribution in [2.45, 2.75) is 34.6 Å². The summed E-state index contributed by atoms with van der Waals surface area (Å²) in [5.74, 6) is -0.282. The smallest absolute Gasteiger partial charge is 0.338 e. The molecule has 4 aromatic carbocycles. The molecule has 0 aliphatic rings. The number of aryl methyl sites for hydroxylation is 4. The lowest BCUT2D eigenvalue weighted by atomic mass is 9.90. The molecule has 0 N–H and O–H groups in total. The summed E-state index contributed by atoms with van der Waals surface area (Å²) in [5, 5.41) is 2.17. The molecule has 0 radical (unpaired) electrons. The first kappa shape index (κ1) is 20.9. The van der Waals surface area contributed by atoms with Gasteiger partial charge in [0.15, 0.2) is 0 Å². The van der Waals surface area contributed by atoms with E-state index in [0.29, 0.717) is 12.2 Å². The first-order chi connectivity index (χ1) is 14.9. The largest absolute Gasteiger partial charge is 0.462 e. The number of carbonyl (C=O) groups excluding carboxylic acids is 1. The van der Waals surface area contributed by atoms with E-state index in [1.807, 2.05) is 13.0 Å². The van der Waals surface area contributed by atoms with E-state index in [1.54, 1.807) is 0 Å². The van der Waals surface area contributed by atoms with Crippen LogP contribution in [0.15, 0.2) is 66.7 Å². The molecule has 0 aromatic heterocycles. The minimum Gasteiger partial charge on any atom is -0.462 e. The molecule has 0 heterocycles. The highest BCUT2D eigenvalue weighted by Gasteiger charge is 2.17. The van der Waals surface area contributed by atoms with Crippen LogP contribution in [0.25, 0.3) is 33.0 Å². The molecule has 0 unspecified atom stereocenters. The summed E-state index contributed by atoms with van der Waals surface area (Å²) in [7, 11) is 0. The van der Waals surface area contributed by atoms with Gasteiger partial charge in [-0.25, -0.2) is 4.79 Å². The second-order valence-electron chi connectivity index (χ2n) is 8.40. The molecule has 156 valence electrons. The molecule has 0 aliphatic heterocycles. The molecule has 0 saturated carbocycles. The Labute approximate surface area is 184 Å². The van der Waals surface area contributed by atoms with Gasteiger partial charge in [-0.05, 0) is 79.8 Å². The van der Waals surface area contributed by atoms with Gasteiger partial charge in [-0.2, -0.15) is 0 Å². The SMILES string of the molecule is CCOC(=O)c1cc2cccc(-c3cc(C)cc(C)c3)c2cc1-c1cc(C)cc(C)c1. The highest BCUT2D eigenvalue weighted by Crippen LogP contribution is 2.36. The molecular weight excluding hydrogens is 380 g/mol. The fraction of sp³-hybridized carbons (Fsp3) is 0.207. The Balaban J connectivity index is 2.03. The van der Waals surface area contributed by atoms with E-state index in [9.17, 15) is 4.79 Å². The Morgan fingerprint density at radius 3 is 1.81 bits per heavy atom.